The molecule has 10 nitrogen and oxygen atoms in total. The number of hydrogen-bond donors (Lipinski definition) is 0. The van der Waals surface area contributed by atoms with Crippen LogP contribution in [-0.2, 0) is 38.1 Å². The average Bonchev–Trinajstić information content (AvgIpc) is 3.71. The van der Waals surface area contributed by atoms with Crippen molar-refractivity contribution in [3.05, 3.63) is 22.5 Å². The number of hydrogen-bond acceptors (Lipinski definition) is 10. The van der Waals surface area contributed by atoms with Gasteiger partial charge in [0.25, 0.3) is 0 Å². The summed E-state index contributed by atoms with van der Waals surface area (Å²) in [7, 11) is 2.19. The standard InChI is InChI=1S/C32H43N5O5/c1-20(24-8-6-13-36(24)2)41-30-23-15-37(21-16-40-17-21)18-31(12-14-39-19-31)27(23)33-29(34-30)26-22-7-5-11-32(28(22)35-42-26)10-4-3-9-25(32)38/h20-21,24H,3-19H2,1-2H3/t20-,24-,31-,32+/m0/s1. The van der Waals surface area contributed by atoms with E-state index in [-0.39, 0.29) is 11.5 Å². The summed E-state index contributed by atoms with van der Waals surface area (Å²) in [5.41, 5.74) is 3.23. The first-order chi connectivity index (χ1) is 20.5. The van der Waals surface area contributed by atoms with Gasteiger partial charge in [0, 0.05) is 37.7 Å². The van der Waals surface area contributed by atoms with Crippen LogP contribution in [0.3, 0.4) is 0 Å². The highest BCUT2D eigenvalue weighted by molar-refractivity contribution is 5.91. The van der Waals surface area contributed by atoms with E-state index in [0.29, 0.717) is 48.4 Å². The Labute approximate surface area is 247 Å². The van der Waals surface area contributed by atoms with Crippen molar-refractivity contribution >= 4 is 5.78 Å². The maximum Gasteiger partial charge on any atom is 0.222 e. The molecule has 10 heteroatoms. The molecule has 3 saturated heterocycles. The number of rotatable bonds is 5. The summed E-state index contributed by atoms with van der Waals surface area (Å²) in [6.07, 6.45) is 9.34. The van der Waals surface area contributed by atoms with Crippen molar-refractivity contribution in [2.45, 2.75) is 107 Å². The minimum atomic E-state index is -0.505. The van der Waals surface area contributed by atoms with Crippen LogP contribution >= 0.6 is 0 Å². The quantitative estimate of drug-likeness (QED) is 0.524. The van der Waals surface area contributed by atoms with Gasteiger partial charge in [-0.3, -0.25) is 14.6 Å². The molecule has 0 bridgehead atoms. The summed E-state index contributed by atoms with van der Waals surface area (Å²) in [4.78, 5) is 28.7. The predicted octanol–water partition coefficient (Wildman–Crippen LogP) is 3.58. The first kappa shape index (κ1) is 27.2. The lowest BCUT2D eigenvalue weighted by atomic mass is 9.64. The summed E-state index contributed by atoms with van der Waals surface area (Å²) in [6.45, 7) is 7.75. The predicted molar refractivity (Wildman–Crippen MR) is 153 cm³/mol. The zero-order valence-corrected chi connectivity index (χ0v) is 25.0. The van der Waals surface area contributed by atoms with Crippen molar-refractivity contribution in [2.24, 2.45) is 0 Å². The number of aromatic nitrogens is 3. The molecule has 42 heavy (non-hydrogen) atoms. The largest absolute Gasteiger partial charge is 0.473 e. The van der Waals surface area contributed by atoms with Gasteiger partial charge in [-0.25, -0.2) is 4.98 Å². The Kier molecular flexibility index (Phi) is 6.70. The number of likely N-dealkylation sites (tertiary alicyclic amines) is 1. The fraction of sp³-hybridized carbons (Fsp3) is 0.750. The minimum Gasteiger partial charge on any atom is -0.473 e. The highest BCUT2D eigenvalue weighted by atomic mass is 16.5. The van der Waals surface area contributed by atoms with Gasteiger partial charge in [-0.15, -0.1) is 0 Å². The Morgan fingerprint density at radius 2 is 1.88 bits per heavy atom. The fourth-order valence-corrected chi connectivity index (χ4v) is 8.75. The molecular formula is C32H43N5O5. The van der Waals surface area contributed by atoms with Gasteiger partial charge in [0.1, 0.15) is 17.6 Å². The fourth-order valence-electron chi connectivity index (χ4n) is 8.75. The van der Waals surface area contributed by atoms with Crippen molar-refractivity contribution in [1.82, 2.24) is 24.9 Å². The monoisotopic (exact) mass is 577 g/mol. The molecular weight excluding hydrogens is 534 g/mol. The number of ketones is 1. The Balaban J connectivity index is 1.25. The van der Waals surface area contributed by atoms with Crippen LogP contribution in [-0.4, -0.2) is 95.5 Å². The second kappa shape index (κ2) is 10.4. The summed E-state index contributed by atoms with van der Waals surface area (Å²) < 4.78 is 24.6. The van der Waals surface area contributed by atoms with E-state index in [1.807, 2.05) is 0 Å². The lowest BCUT2D eigenvalue weighted by Gasteiger charge is -2.46. The molecule has 2 spiro atoms. The topological polar surface area (TPSA) is 103 Å². The number of fused-ring (bicyclic) bond motifs is 4. The van der Waals surface area contributed by atoms with Crippen molar-refractivity contribution in [2.75, 3.05) is 46.6 Å². The number of carbonyl (C=O) groups excluding carboxylic acids is 1. The van der Waals surface area contributed by atoms with E-state index in [1.54, 1.807) is 0 Å². The van der Waals surface area contributed by atoms with Gasteiger partial charge in [0.2, 0.25) is 17.5 Å². The van der Waals surface area contributed by atoms with E-state index in [4.69, 9.17) is 28.7 Å². The number of Topliss-reactive ketones (excluding diaryl/α,β-unsaturated/α-hetero) is 1. The molecule has 4 atom stereocenters. The Morgan fingerprint density at radius 3 is 2.62 bits per heavy atom. The smallest absolute Gasteiger partial charge is 0.222 e. The van der Waals surface area contributed by atoms with Crippen LogP contribution in [0.25, 0.3) is 11.6 Å². The van der Waals surface area contributed by atoms with Crippen LogP contribution in [0.5, 0.6) is 5.88 Å². The minimum absolute atomic E-state index is 0.0192. The molecule has 1 saturated carbocycles. The van der Waals surface area contributed by atoms with Gasteiger partial charge in [0.15, 0.2) is 0 Å². The van der Waals surface area contributed by atoms with Gasteiger partial charge in [-0.05, 0) is 71.9 Å². The zero-order chi connectivity index (χ0) is 28.5. The van der Waals surface area contributed by atoms with Crippen molar-refractivity contribution in [3.8, 4) is 17.5 Å². The molecule has 8 rings (SSSR count). The van der Waals surface area contributed by atoms with Crippen LogP contribution in [0.2, 0.25) is 0 Å². The van der Waals surface area contributed by atoms with Crippen LogP contribution in [0.15, 0.2) is 4.52 Å². The third kappa shape index (κ3) is 4.19. The Bertz CT molecular complexity index is 1370. The Morgan fingerprint density at radius 1 is 1.00 bits per heavy atom. The van der Waals surface area contributed by atoms with Crippen LogP contribution in [0.1, 0.15) is 87.2 Å². The number of carbonyl (C=O) groups is 1. The van der Waals surface area contributed by atoms with E-state index in [0.717, 1.165) is 113 Å². The lowest BCUT2D eigenvalue weighted by Crippen LogP contribution is -2.56. The van der Waals surface area contributed by atoms with Crippen molar-refractivity contribution in [3.63, 3.8) is 0 Å². The van der Waals surface area contributed by atoms with Gasteiger partial charge in [-0.1, -0.05) is 11.6 Å². The highest BCUT2D eigenvalue weighted by Crippen LogP contribution is 2.48. The molecule has 0 N–H and O–H groups in total. The maximum atomic E-state index is 13.3. The number of nitrogens with zero attached hydrogens (tertiary/aromatic N) is 5. The summed E-state index contributed by atoms with van der Waals surface area (Å²) in [5.74, 6) is 2.13. The lowest BCUT2D eigenvalue weighted by molar-refractivity contribution is -0.127. The first-order valence-corrected chi connectivity index (χ1v) is 16.2. The molecule has 0 radical (unpaired) electrons. The van der Waals surface area contributed by atoms with Gasteiger partial charge in [0.05, 0.1) is 47.9 Å². The summed E-state index contributed by atoms with van der Waals surface area (Å²) in [5, 5.41) is 4.61. The average molecular weight is 578 g/mol. The van der Waals surface area contributed by atoms with E-state index in [9.17, 15) is 4.79 Å². The molecule has 0 unspecified atom stereocenters. The molecule has 6 aliphatic rings. The first-order valence-electron chi connectivity index (χ1n) is 16.2. The van der Waals surface area contributed by atoms with Gasteiger partial charge >= 0.3 is 0 Å². The molecule has 2 aliphatic carbocycles. The van der Waals surface area contributed by atoms with Crippen LogP contribution in [0, 0.1) is 0 Å². The molecule has 226 valence electrons. The highest BCUT2D eigenvalue weighted by Gasteiger charge is 2.50. The molecule has 0 aromatic carbocycles. The Hall–Kier alpha value is -2.40. The molecule has 2 aromatic heterocycles. The molecule has 0 amide bonds. The number of ether oxygens (including phenoxy) is 3. The third-order valence-corrected chi connectivity index (χ3v) is 11.3. The third-order valence-electron chi connectivity index (χ3n) is 11.3. The van der Waals surface area contributed by atoms with Crippen molar-refractivity contribution < 1.29 is 23.5 Å². The van der Waals surface area contributed by atoms with E-state index in [2.05, 4.69) is 28.9 Å². The van der Waals surface area contributed by atoms with Gasteiger partial charge < -0.3 is 18.7 Å². The second-order valence-corrected chi connectivity index (χ2v) is 13.8. The number of likely N-dealkylation sites (N-methyl/N-ethyl adjacent to an activating group) is 1. The van der Waals surface area contributed by atoms with E-state index < -0.39 is 5.41 Å². The van der Waals surface area contributed by atoms with Crippen LogP contribution in [0.4, 0.5) is 0 Å². The molecule has 4 aliphatic heterocycles. The van der Waals surface area contributed by atoms with Crippen LogP contribution < -0.4 is 4.74 Å². The van der Waals surface area contributed by atoms with E-state index in [1.165, 1.54) is 6.42 Å². The molecule has 6 heterocycles. The molecule has 2 aromatic rings. The van der Waals surface area contributed by atoms with E-state index >= 15 is 0 Å². The SMILES string of the molecule is C[C@H](Oc1nc(-c2onc3c2CCC[C@@]32CCCCC2=O)nc2c1CN(C1COC1)C[C@]21CCOC1)[C@@H]1CCCN1C. The normalized spacial score (nSPS) is 32.7. The molecule has 4 fully saturated rings. The van der Waals surface area contributed by atoms with Gasteiger partial charge in [-0.2, -0.15) is 4.98 Å². The van der Waals surface area contributed by atoms with Crippen molar-refractivity contribution in [1.29, 1.82) is 0 Å². The summed E-state index contributed by atoms with van der Waals surface area (Å²) in [6, 6.07) is 0.741. The second-order valence-electron chi connectivity index (χ2n) is 13.8. The zero-order valence-electron chi connectivity index (χ0n) is 25.0. The maximum absolute atomic E-state index is 13.3. The summed E-state index contributed by atoms with van der Waals surface area (Å²) >= 11 is 0.